The van der Waals surface area contributed by atoms with Crippen molar-refractivity contribution >= 4 is 0 Å². The molecule has 3 heteroatoms. The Hall–Kier alpha value is -0.120. The fraction of sp³-hybridized carbons (Fsp3) is 1.00. The van der Waals surface area contributed by atoms with E-state index in [1.54, 1.807) is 0 Å². The fourth-order valence-corrected chi connectivity index (χ4v) is 3.61. The Morgan fingerprint density at radius 1 is 0.710 bits per heavy atom. The van der Waals surface area contributed by atoms with Crippen LogP contribution in [0.15, 0.2) is 0 Å². The molecule has 0 fully saturated rings. The molecule has 3 nitrogen and oxygen atoms in total. The molecule has 0 radical (unpaired) electrons. The maximum absolute atomic E-state index is 6.59. The lowest BCUT2D eigenvalue weighted by Gasteiger charge is -2.45. The highest BCUT2D eigenvalue weighted by atomic mass is 16.5. The molecule has 0 aromatic carbocycles. The quantitative estimate of drug-likeness (QED) is 0.287. The molecule has 2 atom stereocenters. The van der Waals surface area contributed by atoms with Crippen LogP contribution < -0.4 is 0 Å². The van der Waals surface area contributed by atoms with Crippen LogP contribution in [0.25, 0.3) is 0 Å². The fourth-order valence-electron chi connectivity index (χ4n) is 3.61. The van der Waals surface area contributed by atoms with Gasteiger partial charge >= 0.3 is 0 Å². The van der Waals surface area contributed by atoms with E-state index < -0.39 is 0 Å². The Morgan fingerprint density at radius 2 is 1.23 bits per heavy atom. The summed E-state index contributed by atoms with van der Waals surface area (Å²) in [4.78, 5) is 0. The van der Waals surface area contributed by atoms with Crippen molar-refractivity contribution in [1.29, 1.82) is 0 Å². The van der Waals surface area contributed by atoms with Crippen LogP contribution in [-0.4, -0.2) is 36.6 Å². The maximum atomic E-state index is 6.59. The number of ether oxygens (including phenoxy) is 3. The van der Waals surface area contributed by atoms with Crippen molar-refractivity contribution in [2.45, 2.75) is 140 Å². The molecule has 31 heavy (non-hydrogen) atoms. The first kappa shape index (κ1) is 30.9. The second kappa shape index (κ2) is 10.9. The Labute approximate surface area is 196 Å². The minimum atomic E-state index is -0.278. The number of hydrogen-bond acceptors (Lipinski definition) is 3. The van der Waals surface area contributed by atoms with Crippen LogP contribution in [0, 0.1) is 22.2 Å². The summed E-state index contributed by atoms with van der Waals surface area (Å²) in [5.74, 6) is 0.432. The highest BCUT2D eigenvalue weighted by Crippen LogP contribution is 2.42. The molecule has 0 amide bonds. The molecule has 188 valence electrons. The highest BCUT2D eigenvalue weighted by molar-refractivity contribution is 4.91. The molecule has 2 unspecified atom stereocenters. The van der Waals surface area contributed by atoms with Gasteiger partial charge in [0.25, 0.3) is 0 Å². The molecular formula is C28H58O3. The van der Waals surface area contributed by atoms with E-state index >= 15 is 0 Å². The van der Waals surface area contributed by atoms with E-state index in [1.165, 1.54) is 0 Å². The van der Waals surface area contributed by atoms with Crippen LogP contribution in [-0.2, 0) is 14.2 Å². The largest absolute Gasteiger partial charge is 0.376 e. The van der Waals surface area contributed by atoms with Gasteiger partial charge in [0, 0.05) is 12.0 Å². The molecule has 0 saturated carbocycles. The van der Waals surface area contributed by atoms with Gasteiger partial charge in [0.2, 0.25) is 0 Å². The van der Waals surface area contributed by atoms with Crippen molar-refractivity contribution in [2.75, 3.05) is 19.8 Å². The van der Waals surface area contributed by atoms with Gasteiger partial charge < -0.3 is 14.2 Å². The molecule has 0 spiro atoms. The Kier molecular flexibility index (Phi) is 10.8. The summed E-state index contributed by atoms with van der Waals surface area (Å²) in [5, 5.41) is 0. The molecule has 0 saturated heterocycles. The summed E-state index contributed by atoms with van der Waals surface area (Å²) in [6.45, 7) is 35.8. The minimum Gasteiger partial charge on any atom is -0.376 e. The van der Waals surface area contributed by atoms with E-state index in [0.717, 1.165) is 32.5 Å². The van der Waals surface area contributed by atoms with E-state index in [0.29, 0.717) is 17.9 Å². The molecule has 0 aromatic rings. The van der Waals surface area contributed by atoms with Crippen molar-refractivity contribution in [3.05, 3.63) is 0 Å². The monoisotopic (exact) mass is 442 g/mol. The zero-order valence-corrected chi connectivity index (χ0v) is 24.0. The zero-order chi connectivity index (χ0) is 24.9. The summed E-state index contributed by atoms with van der Waals surface area (Å²) in [6.07, 6.45) is 3.22. The average molecular weight is 443 g/mol. The van der Waals surface area contributed by atoms with E-state index in [4.69, 9.17) is 14.2 Å². The third kappa shape index (κ3) is 11.5. The molecule has 0 aliphatic carbocycles. The van der Waals surface area contributed by atoms with E-state index in [-0.39, 0.29) is 27.6 Å². The van der Waals surface area contributed by atoms with Crippen molar-refractivity contribution in [3.8, 4) is 0 Å². The predicted octanol–water partition coefficient (Wildman–Crippen LogP) is 8.30. The van der Waals surface area contributed by atoms with Crippen LogP contribution >= 0.6 is 0 Å². The summed E-state index contributed by atoms with van der Waals surface area (Å²) in [6, 6.07) is 0. The maximum Gasteiger partial charge on any atom is 0.0699 e. The summed E-state index contributed by atoms with van der Waals surface area (Å²) < 4.78 is 19.1. The molecule has 0 aliphatic heterocycles. The number of hydrogen-bond donors (Lipinski definition) is 0. The summed E-state index contributed by atoms with van der Waals surface area (Å²) >= 11 is 0. The summed E-state index contributed by atoms with van der Waals surface area (Å²) in [5.41, 5.74) is -0.175. The van der Waals surface area contributed by atoms with E-state index in [2.05, 4.69) is 104 Å². The van der Waals surface area contributed by atoms with Crippen molar-refractivity contribution in [2.24, 2.45) is 22.2 Å². The second-order valence-corrected chi connectivity index (χ2v) is 14.1. The van der Waals surface area contributed by atoms with Gasteiger partial charge in [-0.15, -0.1) is 0 Å². The van der Waals surface area contributed by atoms with Crippen molar-refractivity contribution in [3.63, 3.8) is 0 Å². The van der Waals surface area contributed by atoms with Crippen LogP contribution in [0.4, 0.5) is 0 Å². The van der Waals surface area contributed by atoms with Gasteiger partial charge in [0.1, 0.15) is 0 Å². The van der Waals surface area contributed by atoms with E-state index in [9.17, 15) is 0 Å². The zero-order valence-electron chi connectivity index (χ0n) is 24.0. The van der Waals surface area contributed by atoms with Gasteiger partial charge in [0.15, 0.2) is 0 Å². The first-order valence-corrected chi connectivity index (χ1v) is 12.5. The third-order valence-corrected chi connectivity index (χ3v) is 7.36. The third-order valence-electron chi connectivity index (χ3n) is 7.36. The van der Waals surface area contributed by atoms with Gasteiger partial charge in [-0.25, -0.2) is 0 Å². The SMILES string of the molecule is CCC(C)(CC(C)(C)OCCC(C)(C)C)C(C)COC(C)(C)C(C)(C)COC(C)(C)C. The van der Waals surface area contributed by atoms with Gasteiger partial charge in [-0.3, -0.25) is 0 Å². The normalized spacial score (nSPS) is 17.5. The lowest BCUT2D eigenvalue weighted by molar-refractivity contribution is -0.159. The first-order valence-electron chi connectivity index (χ1n) is 12.5. The molecule has 0 aromatic heterocycles. The summed E-state index contributed by atoms with van der Waals surface area (Å²) in [7, 11) is 0. The van der Waals surface area contributed by atoms with Crippen LogP contribution in [0.3, 0.4) is 0 Å². The van der Waals surface area contributed by atoms with Gasteiger partial charge in [0.05, 0.1) is 30.0 Å². The Balaban J connectivity index is 5.04. The lowest BCUT2D eigenvalue weighted by Crippen LogP contribution is -2.48. The Bertz CT molecular complexity index is 519. The van der Waals surface area contributed by atoms with Crippen LogP contribution in [0.5, 0.6) is 0 Å². The number of rotatable bonds is 13. The van der Waals surface area contributed by atoms with E-state index in [1.807, 2.05) is 0 Å². The molecule has 0 bridgehead atoms. The van der Waals surface area contributed by atoms with Gasteiger partial charge in [-0.2, -0.15) is 0 Å². The van der Waals surface area contributed by atoms with Crippen LogP contribution in [0.1, 0.15) is 123 Å². The smallest absolute Gasteiger partial charge is 0.0699 e. The predicted molar refractivity (Wildman–Crippen MR) is 136 cm³/mol. The molecule has 0 rings (SSSR count). The lowest BCUT2D eigenvalue weighted by atomic mass is 9.69. The Morgan fingerprint density at radius 3 is 1.65 bits per heavy atom. The van der Waals surface area contributed by atoms with Crippen molar-refractivity contribution < 1.29 is 14.2 Å². The minimum absolute atomic E-state index is 0.0854. The van der Waals surface area contributed by atoms with Crippen LogP contribution in [0.2, 0.25) is 0 Å². The molecular weight excluding hydrogens is 384 g/mol. The standard InChI is InChI=1S/C28H58O3/c1-16-28(15,20-26(11,12)29-18-17-23(3,4)5)22(2)19-30-27(13,14)25(9,10)21-31-24(6,7)8/h22H,16-21H2,1-15H3. The highest BCUT2D eigenvalue weighted by Gasteiger charge is 2.42. The van der Waals surface area contributed by atoms with Crippen molar-refractivity contribution in [1.82, 2.24) is 0 Å². The first-order chi connectivity index (χ1) is 13.6. The molecule has 0 heterocycles. The average Bonchev–Trinajstić information content (AvgIpc) is 2.55. The molecule has 0 aliphatic rings. The van der Waals surface area contributed by atoms with Gasteiger partial charge in [-0.1, -0.05) is 61.8 Å². The second-order valence-electron chi connectivity index (χ2n) is 14.1. The topological polar surface area (TPSA) is 27.7 Å². The molecule has 0 N–H and O–H groups in total. The van der Waals surface area contributed by atoms with Gasteiger partial charge in [-0.05, 0) is 78.1 Å².